The van der Waals surface area contributed by atoms with E-state index in [1.165, 1.54) is 0 Å². The molecule has 0 bridgehead atoms. The normalized spacial score (nSPS) is 13.3. The molecule has 0 saturated carbocycles. The van der Waals surface area contributed by atoms with E-state index < -0.39 is 0 Å². The van der Waals surface area contributed by atoms with E-state index >= 15 is 0 Å². The number of allylic oxidation sites excluding steroid dienone is 1. The van der Waals surface area contributed by atoms with Gasteiger partial charge < -0.3 is 9.84 Å². The second kappa shape index (κ2) is 9.61. The SMILES string of the molecule is C=CC.COC(CO)CC(C)c1ccc2c(SC)ncnn12. The molecule has 0 saturated heterocycles. The first-order valence-electron chi connectivity index (χ1n) is 7.20. The number of hydrogen-bond acceptors (Lipinski definition) is 5. The quantitative estimate of drug-likeness (QED) is 0.654. The van der Waals surface area contributed by atoms with Crippen molar-refractivity contribution in [3.63, 3.8) is 0 Å². The third-order valence-corrected chi connectivity index (χ3v) is 4.00. The Balaban J connectivity index is 0.000000745. The van der Waals surface area contributed by atoms with Gasteiger partial charge in [-0.25, -0.2) is 9.50 Å². The summed E-state index contributed by atoms with van der Waals surface area (Å²) in [6.45, 7) is 7.40. The van der Waals surface area contributed by atoms with Crippen molar-refractivity contribution in [1.82, 2.24) is 14.6 Å². The van der Waals surface area contributed by atoms with Crippen LogP contribution in [0.4, 0.5) is 0 Å². The minimum atomic E-state index is -0.137. The third-order valence-electron chi connectivity index (χ3n) is 3.30. The fourth-order valence-corrected chi connectivity index (χ4v) is 2.74. The van der Waals surface area contributed by atoms with Crippen molar-refractivity contribution in [3.8, 4) is 0 Å². The molecule has 5 nitrogen and oxygen atoms in total. The first kappa shape index (κ1) is 18.7. The lowest BCUT2D eigenvalue weighted by molar-refractivity contribution is 0.0390. The van der Waals surface area contributed by atoms with E-state index in [9.17, 15) is 5.11 Å². The van der Waals surface area contributed by atoms with E-state index in [0.717, 1.165) is 22.7 Å². The van der Waals surface area contributed by atoms with Crippen molar-refractivity contribution < 1.29 is 9.84 Å². The summed E-state index contributed by atoms with van der Waals surface area (Å²) >= 11 is 1.61. The minimum absolute atomic E-state index is 0.0369. The van der Waals surface area contributed by atoms with Gasteiger partial charge in [0.2, 0.25) is 0 Å². The van der Waals surface area contributed by atoms with Crippen LogP contribution in [0.3, 0.4) is 0 Å². The highest BCUT2D eigenvalue weighted by Gasteiger charge is 2.17. The van der Waals surface area contributed by atoms with Gasteiger partial charge in [0.05, 0.1) is 18.2 Å². The van der Waals surface area contributed by atoms with E-state index in [2.05, 4.69) is 29.7 Å². The van der Waals surface area contributed by atoms with Gasteiger partial charge in [-0.05, 0) is 31.7 Å². The molecular formula is C16H25N3O2S. The summed E-state index contributed by atoms with van der Waals surface area (Å²) in [7, 11) is 1.62. The van der Waals surface area contributed by atoms with Crippen molar-refractivity contribution in [2.45, 2.75) is 37.3 Å². The van der Waals surface area contributed by atoms with Crippen molar-refractivity contribution in [3.05, 3.63) is 36.8 Å². The predicted molar refractivity (Wildman–Crippen MR) is 91.6 cm³/mol. The van der Waals surface area contributed by atoms with Crippen molar-refractivity contribution in [2.24, 2.45) is 0 Å². The molecule has 1 N–H and O–H groups in total. The van der Waals surface area contributed by atoms with Crippen molar-refractivity contribution in [2.75, 3.05) is 20.0 Å². The first-order valence-corrected chi connectivity index (χ1v) is 8.42. The van der Waals surface area contributed by atoms with Gasteiger partial charge in [-0.15, -0.1) is 18.3 Å². The number of ether oxygens (including phenoxy) is 1. The maximum atomic E-state index is 9.21. The molecule has 2 atom stereocenters. The molecule has 2 aromatic heterocycles. The Morgan fingerprint density at radius 2 is 2.18 bits per heavy atom. The molecule has 2 rings (SSSR count). The lowest BCUT2D eigenvalue weighted by atomic mass is 10.0. The average molecular weight is 323 g/mol. The molecule has 0 aliphatic carbocycles. The molecule has 2 heterocycles. The molecule has 2 unspecified atom stereocenters. The highest BCUT2D eigenvalue weighted by Crippen LogP contribution is 2.26. The zero-order chi connectivity index (χ0) is 16.5. The largest absolute Gasteiger partial charge is 0.394 e. The van der Waals surface area contributed by atoms with Crippen LogP contribution in [0.2, 0.25) is 0 Å². The Hall–Kier alpha value is -1.37. The fourth-order valence-electron chi connectivity index (χ4n) is 2.22. The van der Waals surface area contributed by atoms with Crippen LogP contribution in [0.25, 0.3) is 5.52 Å². The fraction of sp³-hybridized carbons (Fsp3) is 0.500. The summed E-state index contributed by atoms with van der Waals surface area (Å²) < 4.78 is 7.15. The van der Waals surface area contributed by atoms with Crippen LogP contribution < -0.4 is 0 Å². The lowest BCUT2D eigenvalue weighted by Gasteiger charge is -2.17. The van der Waals surface area contributed by atoms with Gasteiger partial charge in [0, 0.05) is 18.7 Å². The number of aliphatic hydroxyl groups is 1. The predicted octanol–water partition coefficient (Wildman–Crippen LogP) is 3.14. The molecule has 2 aromatic rings. The number of nitrogens with zero attached hydrogens (tertiary/aromatic N) is 3. The van der Waals surface area contributed by atoms with Crippen molar-refractivity contribution >= 4 is 17.3 Å². The van der Waals surface area contributed by atoms with E-state index in [0.29, 0.717) is 0 Å². The number of rotatable bonds is 6. The van der Waals surface area contributed by atoms with Crippen molar-refractivity contribution in [1.29, 1.82) is 0 Å². The second-order valence-corrected chi connectivity index (χ2v) is 5.70. The molecule has 0 spiro atoms. The number of hydrogen-bond donors (Lipinski definition) is 1. The van der Waals surface area contributed by atoms with Gasteiger partial charge in [-0.1, -0.05) is 13.0 Å². The van der Waals surface area contributed by atoms with E-state index in [1.54, 1.807) is 31.3 Å². The molecule has 0 radical (unpaired) electrons. The van der Waals surface area contributed by atoms with Crippen LogP contribution in [0, 0.1) is 0 Å². The molecule has 0 amide bonds. The van der Waals surface area contributed by atoms with Crippen LogP contribution in [-0.2, 0) is 4.74 Å². The first-order chi connectivity index (χ1) is 10.6. The van der Waals surface area contributed by atoms with E-state index in [-0.39, 0.29) is 18.6 Å². The Morgan fingerprint density at radius 3 is 2.73 bits per heavy atom. The zero-order valence-electron chi connectivity index (χ0n) is 13.7. The molecule has 0 aliphatic heterocycles. The number of fused-ring (bicyclic) bond motifs is 1. The summed E-state index contributed by atoms with van der Waals surface area (Å²) in [4.78, 5) is 4.26. The summed E-state index contributed by atoms with van der Waals surface area (Å²) in [6.07, 6.45) is 5.96. The standard InChI is InChI=1S/C13H19N3O2S.C3H6/c1-9(6-10(7-17)18-2)11-4-5-12-13(19-3)14-8-15-16(11)12;1-3-2/h4-5,8-10,17H,6-7H2,1-3H3;3H,1H2,2H3. The summed E-state index contributed by atoms with van der Waals surface area (Å²) in [5.74, 6) is 0.254. The minimum Gasteiger partial charge on any atom is -0.394 e. The third kappa shape index (κ3) is 4.56. The van der Waals surface area contributed by atoms with Crippen LogP contribution >= 0.6 is 11.8 Å². The number of aromatic nitrogens is 3. The molecule has 122 valence electrons. The Morgan fingerprint density at radius 1 is 1.50 bits per heavy atom. The van der Waals surface area contributed by atoms with Gasteiger partial charge >= 0.3 is 0 Å². The van der Waals surface area contributed by atoms with Gasteiger partial charge in [0.25, 0.3) is 0 Å². The monoisotopic (exact) mass is 323 g/mol. The van der Waals surface area contributed by atoms with Gasteiger partial charge in [-0.3, -0.25) is 0 Å². The van der Waals surface area contributed by atoms with Gasteiger partial charge in [-0.2, -0.15) is 5.10 Å². The molecule has 6 heteroatoms. The van der Waals surface area contributed by atoms with E-state index in [4.69, 9.17) is 4.74 Å². The summed E-state index contributed by atoms with van der Waals surface area (Å²) in [6, 6.07) is 4.11. The molecule has 0 fully saturated rings. The zero-order valence-corrected chi connectivity index (χ0v) is 14.5. The van der Waals surface area contributed by atoms with Crippen LogP contribution in [0.15, 0.2) is 36.1 Å². The second-order valence-electron chi connectivity index (χ2n) is 4.91. The molecular weight excluding hydrogens is 298 g/mol. The highest BCUT2D eigenvalue weighted by molar-refractivity contribution is 7.98. The number of thioether (sulfide) groups is 1. The van der Waals surface area contributed by atoms with E-state index in [1.807, 2.05) is 23.8 Å². The summed E-state index contributed by atoms with van der Waals surface area (Å²) in [5.41, 5.74) is 2.14. The van der Waals surface area contributed by atoms with Crippen LogP contribution in [0.5, 0.6) is 0 Å². The lowest BCUT2D eigenvalue weighted by Crippen LogP contribution is -2.19. The van der Waals surface area contributed by atoms with Gasteiger partial charge in [0.1, 0.15) is 11.4 Å². The molecule has 0 aromatic carbocycles. The number of methoxy groups -OCH3 is 1. The van der Waals surface area contributed by atoms with Crippen LogP contribution in [-0.4, -0.2) is 45.8 Å². The molecule has 22 heavy (non-hydrogen) atoms. The topological polar surface area (TPSA) is 59.7 Å². The van der Waals surface area contributed by atoms with Crippen LogP contribution in [0.1, 0.15) is 31.9 Å². The molecule has 0 aliphatic rings. The maximum Gasteiger partial charge on any atom is 0.137 e. The maximum absolute atomic E-state index is 9.21. The smallest absolute Gasteiger partial charge is 0.137 e. The number of aliphatic hydroxyl groups excluding tert-OH is 1. The Labute approximate surface area is 136 Å². The average Bonchev–Trinajstić information content (AvgIpc) is 2.97. The Bertz CT molecular complexity index is 582. The van der Waals surface area contributed by atoms with Gasteiger partial charge in [0.15, 0.2) is 0 Å². The highest BCUT2D eigenvalue weighted by atomic mass is 32.2. The Kier molecular flexibility index (Phi) is 8.16. The summed E-state index contributed by atoms with van der Waals surface area (Å²) in [5, 5.41) is 14.5.